The van der Waals surface area contributed by atoms with E-state index < -0.39 is 0 Å². The van der Waals surface area contributed by atoms with Gasteiger partial charge in [0.15, 0.2) is 11.5 Å². The Morgan fingerprint density at radius 3 is 2.00 bits per heavy atom. The first-order valence-electron chi connectivity index (χ1n) is 8.21. The summed E-state index contributed by atoms with van der Waals surface area (Å²) >= 11 is 0. The molecule has 1 N–H and O–H groups in total. The fourth-order valence-electron chi connectivity index (χ4n) is 2.66. The topological polar surface area (TPSA) is 74.7 Å². The number of hydrogen-bond acceptors (Lipinski definition) is 7. The Morgan fingerprint density at radius 2 is 1.44 bits per heavy atom. The normalized spacial score (nSPS) is 10.2. The molecule has 2 heterocycles. The average Bonchev–Trinajstić information content (AvgIpc) is 2.73. The summed E-state index contributed by atoms with van der Waals surface area (Å²) in [7, 11) is 6.33. The van der Waals surface area contributed by atoms with Crippen LogP contribution in [0.3, 0.4) is 0 Å². The van der Waals surface area contributed by atoms with Gasteiger partial charge in [-0.25, -0.2) is 4.98 Å². The van der Waals surface area contributed by atoms with Crippen molar-refractivity contribution >= 4 is 11.4 Å². The highest BCUT2D eigenvalue weighted by molar-refractivity contribution is 5.71. The van der Waals surface area contributed by atoms with E-state index in [0.29, 0.717) is 23.1 Å². The van der Waals surface area contributed by atoms with E-state index in [-0.39, 0.29) is 0 Å². The monoisotopic (exact) mass is 367 g/mol. The fourth-order valence-corrected chi connectivity index (χ4v) is 2.66. The zero-order valence-corrected chi connectivity index (χ0v) is 15.6. The number of methoxy groups -OCH3 is 4. The van der Waals surface area contributed by atoms with Crippen LogP contribution in [0.4, 0.5) is 11.4 Å². The van der Waals surface area contributed by atoms with Crippen molar-refractivity contribution in [2.24, 2.45) is 0 Å². The number of anilines is 2. The van der Waals surface area contributed by atoms with Gasteiger partial charge in [0.25, 0.3) is 0 Å². The summed E-state index contributed by atoms with van der Waals surface area (Å²) in [6.07, 6.45) is 5.27. The Labute approximate surface area is 157 Å². The smallest absolute Gasteiger partial charge is 0.212 e. The lowest BCUT2D eigenvalue weighted by atomic mass is 10.1. The first-order chi connectivity index (χ1) is 13.2. The Bertz CT molecular complexity index is 888. The number of rotatable bonds is 7. The van der Waals surface area contributed by atoms with E-state index >= 15 is 0 Å². The van der Waals surface area contributed by atoms with E-state index in [1.807, 2.05) is 30.3 Å². The van der Waals surface area contributed by atoms with Crippen molar-refractivity contribution < 1.29 is 18.9 Å². The molecule has 0 fully saturated rings. The molecule has 0 aliphatic heterocycles. The maximum Gasteiger partial charge on any atom is 0.212 e. The van der Waals surface area contributed by atoms with Gasteiger partial charge >= 0.3 is 0 Å². The Kier molecular flexibility index (Phi) is 5.61. The van der Waals surface area contributed by atoms with E-state index in [1.165, 1.54) is 0 Å². The molecule has 7 heteroatoms. The molecule has 140 valence electrons. The van der Waals surface area contributed by atoms with Gasteiger partial charge in [-0.2, -0.15) is 0 Å². The minimum atomic E-state index is 0.543. The molecule has 0 radical (unpaired) electrons. The zero-order valence-electron chi connectivity index (χ0n) is 15.6. The number of nitrogens with one attached hydrogen (secondary N) is 1. The molecule has 3 rings (SSSR count). The second-order valence-corrected chi connectivity index (χ2v) is 5.59. The maximum atomic E-state index is 5.39. The lowest BCUT2D eigenvalue weighted by Crippen LogP contribution is -1.98. The van der Waals surface area contributed by atoms with Gasteiger partial charge in [-0.05, 0) is 12.1 Å². The summed E-state index contributed by atoms with van der Waals surface area (Å²) in [5, 5.41) is 3.31. The minimum Gasteiger partial charge on any atom is -0.493 e. The van der Waals surface area contributed by atoms with E-state index in [4.69, 9.17) is 18.9 Å². The molecule has 7 nitrogen and oxygen atoms in total. The summed E-state index contributed by atoms with van der Waals surface area (Å²) in [6.45, 7) is 0. The molecule has 0 saturated carbocycles. The number of aromatic nitrogens is 2. The molecule has 0 unspecified atom stereocenters. The highest BCUT2D eigenvalue weighted by Gasteiger charge is 2.13. The average molecular weight is 367 g/mol. The molecular weight excluding hydrogens is 346 g/mol. The summed E-state index contributed by atoms with van der Waals surface area (Å²) in [4.78, 5) is 8.54. The van der Waals surface area contributed by atoms with Gasteiger partial charge in [0.05, 0.1) is 40.3 Å². The third kappa shape index (κ3) is 4.03. The van der Waals surface area contributed by atoms with Crippen LogP contribution in [0.25, 0.3) is 11.1 Å². The van der Waals surface area contributed by atoms with Crippen molar-refractivity contribution in [1.29, 1.82) is 0 Å². The van der Waals surface area contributed by atoms with Gasteiger partial charge in [0, 0.05) is 47.4 Å². The fraction of sp³-hybridized carbons (Fsp3) is 0.200. The van der Waals surface area contributed by atoms with Crippen molar-refractivity contribution in [2.75, 3.05) is 33.8 Å². The van der Waals surface area contributed by atoms with Crippen LogP contribution >= 0.6 is 0 Å². The van der Waals surface area contributed by atoms with Crippen molar-refractivity contribution in [2.45, 2.75) is 0 Å². The minimum absolute atomic E-state index is 0.543. The Morgan fingerprint density at radius 1 is 0.704 bits per heavy atom. The molecule has 0 saturated heterocycles. The second-order valence-electron chi connectivity index (χ2n) is 5.59. The molecule has 0 bridgehead atoms. The van der Waals surface area contributed by atoms with Crippen LogP contribution in [0, 0.1) is 0 Å². The molecule has 3 aromatic rings. The van der Waals surface area contributed by atoms with Crippen molar-refractivity contribution in [1.82, 2.24) is 9.97 Å². The zero-order chi connectivity index (χ0) is 19.2. The first-order valence-corrected chi connectivity index (χ1v) is 8.21. The Balaban J connectivity index is 1.90. The number of benzene rings is 1. The van der Waals surface area contributed by atoms with Crippen LogP contribution < -0.4 is 24.3 Å². The molecule has 0 aliphatic carbocycles. The molecular formula is C20H21N3O4. The summed E-state index contributed by atoms with van der Waals surface area (Å²) in [5.74, 6) is 2.26. The molecule has 2 aromatic heterocycles. The standard InChI is InChI=1S/C20H21N3O4/c1-24-17-8-15(9-18(25-2)20(17)27-4)23-16-7-14(10-21-12-16)13-5-6-19(26-3)22-11-13/h5-12,23H,1-4H3. The molecule has 1 aromatic carbocycles. The first kappa shape index (κ1) is 18.3. The van der Waals surface area contributed by atoms with E-state index in [9.17, 15) is 0 Å². The van der Waals surface area contributed by atoms with E-state index in [0.717, 1.165) is 22.5 Å². The summed E-state index contributed by atoms with van der Waals surface area (Å²) in [5.41, 5.74) is 3.48. The quantitative estimate of drug-likeness (QED) is 0.678. The predicted octanol–water partition coefficient (Wildman–Crippen LogP) is 3.92. The van der Waals surface area contributed by atoms with Crippen LogP contribution in [0.1, 0.15) is 0 Å². The lowest BCUT2D eigenvalue weighted by Gasteiger charge is -2.15. The van der Waals surface area contributed by atoms with Gasteiger partial charge < -0.3 is 24.3 Å². The molecule has 0 atom stereocenters. The number of pyridine rings is 2. The second kappa shape index (κ2) is 8.27. The van der Waals surface area contributed by atoms with Crippen molar-refractivity contribution in [3.8, 4) is 34.3 Å². The van der Waals surface area contributed by atoms with Gasteiger partial charge in [0.1, 0.15) is 0 Å². The van der Waals surface area contributed by atoms with Crippen molar-refractivity contribution in [3.05, 3.63) is 48.9 Å². The lowest BCUT2D eigenvalue weighted by molar-refractivity contribution is 0.324. The van der Waals surface area contributed by atoms with Gasteiger partial charge in [-0.15, -0.1) is 0 Å². The third-order valence-electron chi connectivity index (χ3n) is 3.97. The molecule has 0 aliphatic rings. The van der Waals surface area contributed by atoms with Crippen LogP contribution in [0.15, 0.2) is 48.9 Å². The maximum absolute atomic E-state index is 5.39. The predicted molar refractivity (Wildman–Crippen MR) is 103 cm³/mol. The van der Waals surface area contributed by atoms with E-state index in [2.05, 4.69) is 15.3 Å². The largest absolute Gasteiger partial charge is 0.493 e. The van der Waals surface area contributed by atoms with Gasteiger partial charge in [-0.1, -0.05) is 0 Å². The van der Waals surface area contributed by atoms with Crippen LogP contribution in [-0.2, 0) is 0 Å². The highest BCUT2D eigenvalue weighted by Crippen LogP contribution is 2.40. The number of nitrogens with zero attached hydrogens (tertiary/aromatic N) is 2. The molecule has 0 spiro atoms. The Hall–Kier alpha value is -3.48. The van der Waals surface area contributed by atoms with Crippen molar-refractivity contribution in [3.63, 3.8) is 0 Å². The van der Waals surface area contributed by atoms with Crippen LogP contribution in [0.5, 0.6) is 23.1 Å². The van der Waals surface area contributed by atoms with Crippen LogP contribution in [-0.4, -0.2) is 38.4 Å². The number of hydrogen-bond donors (Lipinski definition) is 1. The van der Waals surface area contributed by atoms with Gasteiger partial charge in [-0.3, -0.25) is 4.98 Å². The highest BCUT2D eigenvalue weighted by atomic mass is 16.5. The SMILES string of the molecule is COc1ccc(-c2cncc(Nc3cc(OC)c(OC)c(OC)c3)c2)cn1. The summed E-state index contributed by atoms with van der Waals surface area (Å²) in [6, 6.07) is 9.41. The van der Waals surface area contributed by atoms with Crippen LogP contribution in [0.2, 0.25) is 0 Å². The molecule has 27 heavy (non-hydrogen) atoms. The number of ether oxygens (including phenoxy) is 4. The molecule has 0 amide bonds. The van der Waals surface area contributed by atoms with Gasteiger partial charge in [0.2, 0.25) is 11.6 Å². The third-order valence-corrected chi connectivity index (χ3v) is 3.97. The van der Waals surface area contributed by atoms with E-state index in [1.54, 1.807) is 47.0 Å². The summed E-state index contributed by atoms with van der Waals surface area (Å²) < 4.78 is 21.2.